The van der Waals surface area contributed by atoms with Crippen LogP contribution in [0.15, 0.2) is 12.1 Å². The van der Waals surface area contributed by atoms with Crippen molar-refractivity contribution in [1.29, 1.82) is 1.34 Å². The van der Waals surface area contributed by atoms with Crippen LogP contribution in [0.5, 0.6) is 0 Å². The maximum absolute atomic E-state index is 9.49. The van der Waals surface area contributed by atoms with Crippen molar-refractivity contribution in [2.45, 2.75) is 20.8 Å². The quantitative estimate of drug-likeness (QED) is 0.391. The first kappa shape index (κ1) is 10.9. The second-order valence-corrected chi connectivity index (χ2v) is 9.15. The fourth-order valence-corrected chi connectivity index (χ4v) is 4.69. The SMILES string of the molecule is [2H]B(Pc1c(C)cc(C)cc1C)I(C)O. The summed E-state index contributed by atoms with van der Waals surface area (Å²) in [6.07, 6.45) is 0. The van der Waals surface area contributed by atoms with Gasteiger partial charge in [-0.05, 0) is 0 Å². The molecule has 78 valence electrons. The van der Waals surface area contributed by atoms with Gasteiger partial charge in [0.25, 0.3) is 0 Å². The Kier molecular flexibility index (Phi) is 4.27. The van der Waals surface area contributed by atoms with E-state index in [0.29, 0.717) is 8.46 Å². The summed E-state index contributed by atoms with van der Waals surface area (Å²) in [6, 6.07) is 4.32. The van der Waals surface area contributed by atoms with Crippen LogP contribution in [-0.2, 0) is 0 Å². The van der Waals surface area contributed by atoms with Crippen molar-refractivity contribution in [3.63, 3.8) is 0 Å². The van der Waals surface area contributed by atoms with E-state index in [1.54, 1.807) is 0 Å². The third kappa shape index (κ3) is 3.52. The van der Waals surface area contributed by atoms with Crippen LogP contribution in [0.1, 0.15) is 16.7 Å². The van der Waals surface area contributed by atoms with Gasteiger partial charge in [0, 0.05) is 0 Å². The van der Waals surface area contributed by atoms with Crippen molar-refractivity contribution in [1.82, 2.24) is 0 Å². The minimum atomic E-state index is -1.97. The summed E-state index contributed by atoms with van der Waals surface area (Å²) < 4.78 is 17.3. The summed E-state index contributed by atoms with van der Waals surface area (Å²) >= 11 is -1.97. The van der Waals surface area contributed by atoms with Gasteiger partial charge in [-0.2, -0.15) is 0 Å². The maximum atomic E-state index is 9.49. The topological polar surface area (TPSA) is 20.2 Å². The Balaban J connectivity index is 2.95. The van der Waals surface area contributed by atoms with Gasteiger partial charge in [0.15, 0.2) is 0 Å². The molecule has 0 spiro atoms. The predicted molar refractivity (Wildman–Crippen MR) is 77.9 cm³/mol. The second kappa shape index (κ2) is 5.48. The van der Waals surface area contributed by atoms with Crippen LogP contribution in [0.25, 0.3) is 0 Å². The first-order valence-corrected chi connectivity index (χ1v) is 9.90. The standard InChI is InChI=1S/C10H17BIOP/c1-7-5-8(2)10(9(3)6-7)14-11-12(4)13/h5-6,11,13-14H,1-4H3/i11D. The molecule has 4 heteroatoms. The summed E-state index contributed by atoms with van der Waals surface area (Å²) in [7, 11) is 0.439. The van der Waals surface area contributed by atoms with E-state index in [9.17, 15) is 3.44 Å². The van der Waals surface area contributed by atoms with E-state index in [-0.39, 0.29) is 4.82 Å². The normalized spacial score (nSPS) is 13.2. The Morgan fingerprint density at radius 2 is 1.86 bits per heavy atom. The molecule has 1 aromatic carbocycles. The molecular formula is C10H17BIOP. The van der Waals surface area contributed by atoms with Crippen LogP contribution in [0.4, 0.5) is 0 Å². The van der Waals surface area contributed by atoms with E-state index >= 15 is 0 Å². The van der Waals surface area contributed by atoms with Gasteiger partial charge < -0.3 is 0 Å². The molecule has 0 aliphatic carbocycles. The van der Waals surface area contributed by atoms with E-state index in [0.717, 1.165) is 0 Å². The average molecular weight is 323 g/mol. The molecule has 0 radical (unpaired) electrons. The fraction of sp³-hybridized carbons (Fsp3) is 0.400. The average Bonchev–Trinajstić information content (AvgIpc) is 2.10. The molecule has 0 saturated carbocycles. The minimum absolute atomic E-state index is 0.241. The van der Waals surface area contributed by atoms with Crippen LogP contribution in [0.3, 0.4) is 0 Å². The first-order valence-electron chi connectivity index (χ1n) is 5.04. The van der Waals surface area contributed by atoms with Crippen molar-refractivity contribution >= 4 is 38.6 Å². The second-order valence-electron chi connectivity index (χ2n) is 3.51. The first-order chi connectivity index (χ1) is 6.91. The summed E-state index contributed by atoms with van der Waals surface area (Å²) in [4.78, 5) is 1.60. The molecule has 0 fully saturated rings. The van der Waals surface area contributed by atoms with Gasteiger partial charge in [0.1, 0.15) is 0 Å². The van der Waals surface area contributed by atoms with Crippen LogP contribution >= 0.6 is 28.5 Å². The van der Waals surface area contributed by atoms with Crippen molar-refractivity contribution in [2.75, 3.05) is 4.93 Å². The van der Waals surface area contributed by atoms with Crippen molar-refractivity contribution in [3.8, 4) is 0 Å². The Labute approximate surface area is 97.7 Å². The van der Waals surface area contributed by atoms with E-state index in [2.05, 4.69) is 32.9 Å². The number of halogens is 1. The zero-order valence-corrected chi connectivity index (χ0v) is 12.2. The van der Waals surface area contributed by atoms with E-state index in [1.165, 1.54) is 22.0 Å². The van der Waals surface area contributed by atoms with Crippen molar-refractivity contribution in [3.05, 3.63) is 28.8 Å². The van der Waals surface area contributed by atoms with Crippen LogP contribution in [0, 0.1) is 20.8 Å². The summed E-state index contributed by atoms with van der Waals surface area (Å²) in [6.45, 7) is 6.29. The molecule has 1 atom stereocenters. The molecule has 1 rings (SSSR count). The molecule has 1 aromatic rings. The van der Waals surface area contributed by atoms with Crippen LogP contribution in [0.2, 0.25) is 0 Å². The van der Waals surface area contributed by atoms with Gasteiger partial charge in [0.2, 0.25) is 0 Å². The van der Waals surface area contributed by atoms with E-state index in [4.69, 9.17) is 1.34 Å². The zero-order chi connectivity index (χ0) is 11.6. The number of benzene rings is 1. The molecule has 0 bridgehead atoms. The van der Waals surface area contributed by atoms with E-state index in [1.807, 2.05) is 4.93 Å². The Bertz CT molecular complexity index is 336. The number of aryl methyl sites for hydroxylation is 3. The molecule has 1 unspecified atom stereocenters. The summed E-state index contributed by atoms with van der Waals surface area (Å²) in [5.41, 5.74) is 3.80. The molecule has 0 amide bonds. The van der Waals surface area contributed by atoms with Gasteiger partial charge in [-0.3, -0.25) is 0 Å². The molecule has 14 heavy (non-hydrogen) atoms. The van der Waals surface area contributed by atoms with E-state index < -0.39 is 20.0 Å². The Morgan fingerprint density at radius 1 is 1.36 bits per heavy atom. The molecule has 0 heterocycles. The number of hydrogen-bond acceptors (Lipinski definition) is 1. The van der Waals surface area contributed by atoms with Crippen LogP contribution < -0.4 is 5.30 Å². The van der Waals surface area contributed by atoms with Crippen LogP contribution in [-0.4, -0.2) is 14.5 Å². The molecule has 0 aromatic heterocycles. The molecule has 0 aliphatic rings. The summed E-state index contributed by atoms with van der Waals surface area (Å²) in [5, 5.41) is 1.28. The third-order valence-electron chi connectivity index (χ3n) is 2.03. The monoisotopic (exact) mass is 323 g/mol. The van der Waals surface area contributed by atoms with Crippen molar-refractivity contribution < 1.29 is 3.44 Å². The number of hydrogen-bond donors (Lipinski definition) is 1. The molecule has 0 aliphatic heterocycles. The van der Waals surface area contributed by atoms with Gasteiger partial charge in [-0.25, -0.2) is 0 Å². The third-order valence-corrected chi connectivity index (χ3v) is 7.17. The van der Waals surface area contributed by atoms with Gasteiger partial charge >= 0.3 is 97.9 Å². The fourth-order valence-electron chi connectivity index (χ4n) is 1.54. The van der Waals surface area contributed by atoms with Gasteiger partial charge in [-0.1, -0.05) is 0 Å². The zero-order valence-electron chi connectivity index (χ0n) is 10.1. The molecule has 1 N–H and O–H groups in total. The Morgan fingerprint density at radius 3 is 2.29 bits per heavy atom. The van der Waals surface area contributed by atoms with Gasteiger partial charge in [-0.15, -0.1) is 0 Å². The molecule has 1 nitrogen and oxygen atoms in total. The number of alkyl halides is 1. The predicted octanol–water partition coefficient (Wildman–Crippen LogP) is 2.23. The Hall–Kier alpha value is 0.405. The summed E-state index contributed by atoms with van der Waals surface area (Å²) in [5.74, 6) is 0. The van der Waals surface area contributed by atoms with Gasteiger partial charge in [0.05, 0.1) is 0 Å². The van der Waals surface area contributed by atoms with Crippen molar-refractivity contribution in [2.24, 2.45) is 0 Å². The molecule has 0 saturated heterocycles. The number of rotatable bonds is 3. The molecular weight excluding hydrogens is 305 g/mol.